The van der Waals surface area contributed by atoms with E-state index in [1.165, 1.54) is 24.3 Å². The van der Waals surface area contributed by atoms with E-state index in [0.29, 0.717) is 31.6 Å². The molecule has 11 heteroatoms. The fraction of sp³-hybridized carbons (Fsp3) is 0.435. The first-order chi connectivity index (χ1) is 16.3. The van der Waals surface area contributed by atoms with Crippen LogP contribution in [0.25, 0.3) is 0 Å². The summed E-state index contributed by atoms with van der Waals surface area (Å²) in [5.74, 6) is -3.21. The molecule has 8 nitrogen and oxygen atoms in total. The predicted molar refractivity (Wildman–Crippen MR) is 129 cm³/mol. The monoisotopic (exact) mass is 497 g/mol. The van der Waals surface area contributed by atoms with Crippen LogP contribution in [0.15, 0.2) is 47.4 Å². The van der Waals surface area contributed by atoms with Crippen LogP contribution >= 0.6 is 0 Å². The summed E-state index contributed by atoms with van der Waals surface area (Å²) in [6, 6.07) is 8.77. The highest BCUT2D eigenvalue weighted by Gasteiger charge is 2.21. The van der Waals surface area contributed by atoms with Gasteiger partial charge < -0.3 is 21.7 Å². The number of hydrogen-bond acceptors (Lipinski definition) is 6. The largest absolute Gasteiger partial charge is 0.352 e. The van der Waals surface area contributed by atoms with Gasteiger partial charge in [-0.2, -0.15) is 0 Å². The molecule has 0 aromatic heterocycles. The van der Waals surface area contributed by atoms with Crippen LogP contribution in [0.1, 0.15) is 36.0 Å². The first-order valence-corrected chi connectivity index (χ1v) is 12.8. The van der Waals surface area contributed by atoms with Gasteiger partial charge in [0.25, 0.3) is 15.9 Å². The summed E-state index contributed by atoms with van der Waals surface area (Å²) in [4.78, 5) is 12.5. The fourth-order valence-electron chi connectivity index (χ4n) is 3.11. The van der Waals surface area contributed by atoms with Gasteiger partial charge in [0.1, 0.15) is 0 Å². The highest BCUT2D eigenvalue weighted by atomic mass is 32.2. The molecule has 6 N–H and O–H groups in total. The molecule has 0 saturated carbocycles. The molecule has 0 radical (unpaired) electrons. The van der Waals surface area contributed by atoms with Crippen molar-refractivity contribution in [2.24, 2.45) is 5.73 Å². The molecule has 0 spiro atoms. The first kappa shape index (κ1) is 27.6. The first-order valence-electron chi connectivity index (χ1n) is 11.3. The molecule has 0 heterocycles. The number of carbonyl (C=O) groups excluding carboxylic acids is 1. The summed E-state index contributed by atoms with van der Waals surface area (Å²) < 4.78 is 54.9. The molecular formula is C23H33F2N5O3S. The number of anilines is 1. The van der Waals surface area contributed by atoms with Crippen molar-refractivity contribution in [3.8, 4) is 0 Å². The van der Waals surface area contributed by atoms with Crippen LogP contribution < -0.4 is 26.4 Å². The lowest BCUT2D eigenvalue weighted by molar-refractivity contribution is 0.0953. The zero-order valence-corrected chi connectivity index (χ0v) is 19.9. The number of sulfonamides is 1. The second kappa shape index (κ2) is 14.6. The highest BCUT2D eigenvalue weighted by molar-refractivity contribution is 7.92. The Bertz CT molecular complexity index is 1010. The van der Waals surface area contributed by atoms with E-state index < -0.39 is 27.6 Å². The molecule has 2 aromatic carbocycles. The molecule has 2 rings (SSSR count). The summed E-state index contributed by atoms with van der Waals surface area (Å²) in [6.45, 7) is 4.37. The van der Waals surface area contributed by atoms with E-state index in [1.54, 1.807) is 6.07 Å². The third-order valence-corrected chi connectivity index (χ3v) is 6.31. The predicted octanol–water partition coefficient (Wildman–Crippen LogP) is 2.19. The molecule has 188 valence electrons. The average Bonchev–Trinajstić information content (AvgIpc) is 2.82. The topological polar surface area (TPSA) is 125 Å². The molecule has 1 amide bonds. The number of halogens is 2. The molecule has 2 aromatic rings. The van der Waals surface area contributed by atoms with Gasteiger partial charge in [-0.3, -0.25) is 9.52 Å². The second-order valence-electron chi connectivity index (χ2n) is 7.69. The van der Waals surface area contributed by atoms with E-state index in [-0.39, 0.29) is 22.7 Å². The van der Waals surface area contributed by atoms with Crippen molar-refractivity contribution in [2.75, 3.05) is 44.0 Å². The zero-order chi connectivity index (χ0) is 24.8. The molecule has 0 fully saturated rings. The Hall–Kier alpha value is -2.60. The molecule has 0 saturated heterocycles. The lowest BCUT2D eigenvalue weighted by Gasteiger charge is -2.14. The SMILES string of the molecule is NCCCNCCCCNCCCNC(=O)c1cc(F)c(F)cc1NS(=O)(=O)c1ccccc1. The van der Waals surface area contributed by atoms with Gasteiger partial charge in [0.2, 0.25) is 0 Å². The van der Waals surface area contributed by atoms with E-state index in [0.717, 1.165) is 38.9 Å². The van der Waals surface area contributed by atoms with Crippen LogP contribution in [0.2, 0.25) is 0 Å². The van der Waals surface area contributed by atoms with E-state index in [9.17, 15) is 22.0 Å². The van der Waals surface area contributed by atoms with Crippen LogP contribution in [0.3, 0.4) is 0 Å². The number of hydrogen-bond donors (Lipinski definition) is 5. The number of carbonyl (C=O) groups is 1. The lowest BCUT2D eigenvalue weighted by Crippen LogP contribution is -2.29. The molecule has 0 unspecified atom stereocenters. The maximum Gasteiger partial charge on any atom is 0.261 e. The maximum atomic E-state index is 13.8. The molecule has 34 heavy (non-hydrogen) atoms. The number of nitrogens with two attached hydrogens (primary N) is 1. The van der Waals surface area contributed by atoms with Crippen molar-refractivity contribution in [2.45, 2.75) is 30.6 Å². The normalized spacial score (nSPS) is 11.4. The van der Waals surface area contributed by atoms with Crippen molar-refractivity contribution in [3.05, 3.63) is 59.7 Å². The molecule has 0 aliphatic heterocycles. The van der Waals surface area contributed by atoms with Crippen molar-refractivity contribution < 1.29 is 22.0 Å². The summed E-state index contributed by atoms with van der Waals surface area (Å²) in [7, 11) is -4.09. The minimum absolute atomic E-state index is 0.0662. The second-order valence-corrected chi connectivity index (χ2v) is 9.37. The van der Waals surface area contributed by atoms with Gasteiger partial charge in [-0.25, -0.2) is 17.2 Å². The standard InChI is InChI=1S/C23H33F2N5O3S/c24-20-16-19(22(17-21(20)25)30-34(32,33)18-8-2-1-3-9-18)23(31)29-15-7-14-28-12-5-4-11-27-13-6-10-26/h1-3,8-9,16-17,27-28,30H,4-7,10-15,26H2,(H,29,31). The summed E-state index contributed by atoms with van der Waals surface area (Å²) in [6.07, 6.45) is 3.65. The van der Waals surface area contributed by atoms with Crippen LogP contribution in [-0.4, -0.2) is 53.6 Å². The Morgan fingerprint density at radius 1 is 0.824 bits per heavy atom. The smallest absolute Gasteiger partial charge is 0.261 e. The number of nitrogens with one attached hydrogen (secondary N) is 4. The summed E-state index contributed by atoms with van der Waals surface area (Å²) >= 11 is 0. The molecule has 0 aliphatic carbocycles. The van der Waals surface area contributed by atoms with Gasteiger partial charge in [-0.1, -0.05) is 18.2 Å². The average molecular weight is 498 g/mol. The minimum atomic E-state index is -4.09. The third kappa shape index (κ3) is 9.34. The van der Waals surface area contributed by atoms with Crippen molar-refractivity contribution >= 4 is 21.6 Å². The van der Waals surface area contributed by atoms with E-state index in [2.05, 4.69) is 20.7 Å². The highest BCUT2D eigenvalue weighted by Crippen LogP contribution is 2.23. The van der Waals surface area contributed by atoms with Crippen LogP contribution in [0, 0.1) is 11.6 Å². The van der Waals surface area contributed by atoms with Crippen LogP contribution in [0.5, 0.6) is 0 Å². The Morgan fingerprint density at radius 2 is 1.41 bits per heavy atom. The van der Waals surface area contributed by atoms with Crippen molar-refractivity contribution in [3.63, 3.8) is 0 Å². The third-order valence-electron chi connectivity index (χ3n) is 4.93. The Balaban J connectivity index is 1.81. The van der Waals surface area contributed by atoms with Crippen molar-refractivity contribution in [1.29, 1.82) is 0 Å². The molecule has 0 atom stereocenters. The Morgan fingerprint density at radius 3 is 2.06 bits per heavy atom. The van der Waals surface area contributed by atoms with E-state index in [4.69, 9.17) is 5.73 Å². The molecule has 0 aliphatic rings. The zero-order valence-electron chi connectivity index (χ0n) is 19.1. The lowest BCUT2D eigenvalue weighted by atomic mass is 10.1. The van der Waals surface area contributed by atoms with Gasteiger partial charge in [-0.05, 0) is 76.6 Å². The minimum Gasteiger partial charge on any atom is -0.352 e. The fourth-order valence-corrected chi connectivity index (χ4v) is 4.20. The quantitative estimate of drug-likeness (QED) is 0.227. The van der Waals surface area contributed by atoms with Gasteiger partial charge in [0.15, 0.2) is 11.6 Å². The number of benzene rings is 2. The van der Waals surface area contributed by atoms with E-state index >= 15 is 0 Å². The number of unbranched alkanes of at least 4 members (excludes halogenated alkanes) is 1. The summed E-state index contributed by atoms with van der Waals surface area (Å²) in [5.41, 5.74) is 4.80. The van der Waals surface area contributed by atoms with Gasteiger partial charge in [-0.15, -0.1) is 0 Å². The van der Waals surface area contributed by atoms with Gasteiger partial charge >= 0.3 is 0 Å². The van der Waals surface area contributed by atoms with Crippen LogP contribution in [0.4, 0.5) is 14.5 Å². The van der Waals surface area contributed by atoms with Gasteiger partial charge in [0.05, 0.1) is 16.1 Å². The molecule has 0 bridgehead atoms. The van der Waals surface area contributed by atoms with E-state index in [1.807, 2.05) is 0 Å². The molecular weight excluding hydrogens is 464 g/mol. The van der Waals surface area contributed by atoms with Crippen molar-refractivity contribution in [1.82, 2.24) is 16.0 Å². The Labute approximate surface area is 199 Å². The summed E-state index contributed by atoms with van der Waals surface area (Å²) in [5, 5.41) is 9.21. The number of amides is 1. The number of rotatable bonds is 16. The van der Waals surface area contributed by atoms with Gasteiger partial charge in [0, 0.05) is 12.6 Å². The Kier molecular flexibility index (Phi) is 11.9. The van der Waals surface area contributed by atoms with Crippen LogP contribution in [-0.2, 0) is 10.0 Å². The maximum absolute atomic E-state index is 13.8.